The molecule has 0 saturated carbocycles. The molecule has 2 fully saturated rings. The zero-order chi connectivity index (χ0) is 23.9. The van der Waals surface area contributed by atoms with Crippen LogP contribution in [0.25, 0.3) is 0 Å². The summed E-state index contributed by atoms with van der Waals surface area (Å²) in [5, 5.41) is 7.95. The third kappa shape index (κ3) is 3.97. The Balaban J connectivity index is 1.13. The Morgan fingerprint density at radius 1 is 1.09 bits per heavy atom. The van der Waals surface area contributed by atoms with Crippen molar-refractivity contribution in [3.63, 3.8) is 0 Å². The third-order valence-electron chi connectivity index (χ3n) is 7.42. The molecule has 178 valence electrons. The molecular weight excluding hydrogens is 430 g/mol. The van der Waals surface area contributed by atoms with Gasteiger partial charge in [-0.3, -0.25) is 10.1 Å². The fourth-order valence-corrected chi connectivity index (χ4v) is 5.48. The van der Waals surface area contributed by atoms with E-state index in [0.29, 0.717) is 24.2 Å². The summed E-state index contributed by atoms with van der Waals surface area (Å²) in [6.07, 6.45) is 3.02. The molecule has 8 heteroatoms. The molecule has 5 amide bonds. The Kier molecular flexibility index (Phi) is 5.67. The largest absolute Gasteiger partial charge is 0.365 e. The summed E-state index contributed by atoms with van der Waals surface area (Å²) in [6, 6.07) is 16.5. The highest BCUT2D eigenvalue weighted by atomic mass is 16.2. The highest BCUT2D eigenvalue weighted by Crippen LogP contribution is 2.36. The second-order valence-corrected chi connectivity index (χ2v) is 9.70. The summed E-state index contributed by atoms with van der Waals surface area (Å²) < 4.78 is 0. The summed E-state index contributed by atoms with van der Waals surface area (Å²) in [4.78, 5) is 40.8. The van der Waals surface area contributed by atoms with Crippen molar-refractivity contribution in [2.75, 3.05) is 18.0 Å². The zero-order valence-corrected chi connectivity index (χ0v) is 19.6. The van der Waals surface area contributed by atoms with Crippen LogP contribution in [0, 0.1) is 0 Å². The maximum atomic E-state index is 12.8. The fraction of sp³-hybridized carbons (Fsp3) is 0.423. The van der Waals surface area contributed by atoms with Crippen LogP contribution in [0.2, 0.25) is 0 Å². The van der Waals surface area contributed by atoms with Gasteiger partial charge in [0.15, 0.2) is 0 Å². The Morgan fingerprint density at radius 3 is 2.47 bits per heavy atom. The lowest BCUT2D eigenvalue weighted by molar-refractivity contribution is -0.123. The maximum absolute atomic E-state index is 12.8. The first-order valence-electron chi connectivity index (χ1n) is 12.0. The van der Waals surface area contributed by atoms with Gasteiger partial charge in [-0.15, -0.1) is 0 Å². The van der Waals surface area contributed by atoms with Crippen LogP contribution < -0.4 is 20.9 Å². The van der Waals surface area contributed by atoms with Gasteiger partial charge in [0.25, 0.3) is 5.91 Å². The first kappa shape index (κ1) is 22.3. The number of benzene rings is 2. The number of imide groups is 1. The SMILES string of the molecule is CC1Cc2ccccc2N1C1CCN(C(=O)NCc2ccc(C3(C)NC(=O)NC3=O)cc2)CC1. The van der Waals surface area contributed by atoms with E-state index in [1.54, 1.807) is 6.92 Å². The summed E-state index contributed by atoms with van der Waals surface area (Å²) in [5.41, 5.74) is 3.33. The number of amides is 5. The number of nitrogens with one attached hydrogen (secondary N) is 3. The Hall–Kier alpha value is -3.55. The van der Waals surface area contributed by atoms with Crippen LogP contribution in [0.5, 0.6) is 0 Å². The molecule has 0 aromatic heterocycles. The number of fused-ring (bicyclic) bond motifs is 1. The van der Waals surface area contributed by atoms with E-state index >= 15 is 0 Å². The number of rotatable bonds is 4. The number of carbonyl (C=O) groups is 3. The van der Waals surface area contributed by atoms with Crippen molar-refractivity contribution in [1.82, 2.24) is 20.9 Å². The number of hydrogen-bond acceptors (Lipinski definition) is 4. The van der Waals surface area contributed by atoms with Gasteiger partial charge < -0.3 is 20.4 Å². The molecule has 2 aromatic rings. The lowest BCUT2D eigenvalue weighted by atomic mass is 9.91. The molecule has 3 N–H and O–H groups in total. The van der Waals surface area contributed by atoms with E-state index in [2.05, 4.69) is 52.0 Å². The van der Waals surface area contributed by atoms with Crippen molar-refractivity contribution >= 4 is 23.7 Å². The van der Waals surface area contributed by atoms with Gasteiger partial charge in [0.2, 0.25) is 0 Å². The second kappa shape index (κ2) is 8.66. The van der Waals surface area contributed by atoms with Crippen molar-refractivity contribution in [3.05, 3.63) is 65.2 Å². The molecule has 2 aromatic carbocycles. The second-order valence-electron chi connectivity index (χ2n) is 9.70. The molecule has 0 spiro atoms. The average Bonchev–Trinajstić information content (AvgIpc) is 3.32. The van der Waals surface area contributed by atoms with E-state index in [4.69, 9.17) is 0 Å². The summed E-state index contributed by atoms with van der Waals surface area (Å²) in [6.45, 7) is 5.86. The van der Waals surface area contributed by atoms with Gasteiger partial charge in [0.05, 0.1) is 0 Å². The predicted octanol–water partition coefficient (Wildman–Crippen LogP) is 2.87. The Morgan fingerprint density at radius 2 is 1.79 bits per heavy atom. The van der Waals surface area contributed by atoms with Crippen LogP contribution in [0.15, 0.2) is 48.5 Å². The number of hydrogen-bond donors (Lipinski definition) is 3. The first-order valence-corrected chi connectivity index (χ1v) is 12.0. The average molecular weight is 462 g/mol. The van der Waals surface area contributed by atoms with E-state index < -0.39 is 11.6 Å². The molecule has 3 aliphatic rings. The summed E-state index contributed by atoms with van der Waals surface area (Å²) in [5.74, 6) is -0.367. The maximum Gasteiger partial charge on any atom is 0.322 e. The van der Waals surface area contributed by atoms with Crippen molar-refractivity contribution in [2.24, 2.45) is 0 Å². The molecule has 0 aliphatic carbocycles. The molecule has 8 nitrogen and oxygen atoms in total. The number of nitrogens with zero attached hydrogens (tertiary/aromatic N) is 2. The summed E-state index contributed by atoms with van der Waals surface area (Å²) in [7, 11) is 0. The smallest absolute Gasteiger partial charge is 0.322 e. The molecule has 2 atom stereocenters. The Labute approximate surface area is 199 Å². The van der Waals surface area contributed by atoms with E-state index in [9.17, 15) is 14.4 Å². The molecule has 34 heavy (non-hydrogen) atoms. The van der Waals surface area contributed by atoms with Gasteiger partial charge in [-0.25, -0.2) is 9.59 Å². The van der Waals surface area contributed by atoms with Crippen LogP contribution in [0.4, 0.5) is 15.3 Å². The molecule has 3 aliphatic heterocycles. The van der Waals surface area contributed by atoms with Crippen molar-refractivity contribution in [3.8, 4) is 0 Å². The first-order chi connectivity index (χ1) is 16.3. The van der Waals surface area contributed by atoms with E-state index in [0.717, 1.165) is 37.9 Å². The van der Waals surface area contributed by atoms with Gasteiger partial charge in [-0.2, -0.15) is 0 Å². The van der Waals surface area contributed by atoms with Crippen LogP contribution in [0.3, 0.4) is 0 Å². The quantitative estimate of drug-likeness (QED) is 0.611. The lowest BCUT2D eigenvalue weighted by Crippen LogP contribution is -2.50. The van der Waals surface area contributed by atoms with Gasteiger partial charge in [0.1, 0.15) is 5.54 Å². The van der Waals surface area contributed by atoms with Crippen molar-refractivity contribution in [2.45, 2.75) is 57.3 Å². The van der Waals surface area contributed by atoms with Gasteiger partial charge in [-0.05, 0) is 55.9 Å². The third-order valence-corrected chi connectivity index (χ3v) is 7.42. The minimum atomic E-state index is -1.07. The predicted molar refractivity (Wildman–Crippen MR) is 129 cm³/mol. The summed E-state index contributed by atoms with van der Waals surface area (Å²) >= 11 is 0. The molecule has 0 radical (unpaired) electrons. The van der Waals surface area contributed by atoms with Crippen molar-refractivity contribution in [1.29, 1.82) is 0 Å². The van der Waals surface area contributed by atoms with Crippen LogP contribution in [-0.2, 0) is 23.3 Å². The number of para-hydroxylation sites is 1. The van der Waals surface area contributed by atoms with Crippen molar-refractivity contribution < 1.29 is 14.4 Å². The van der Waals surface area contributed by atoms with Gasteiger partial charge in [0, 0.05) is 37.4 Å². The van der Waals surface area contributed by atoms with Crippen LogP contribution in [0.1, 0.15) is 43.4 Å². The number of carbonyl (C=O) groups excluding carboxylic acids is 3. The van der Waals surface area contributed by atoms with Crippen LogP contribution in [-0.4, -0.2) is 48.0 Å². The normalized spacial score (nSPS) is 24.6. The molecule has 3 heterocycles. The minimum absolute atomic E-state index is 0.0493. The number of piperidine rings is 1. The van der Waals surface area contributed by atoms with E-state index in [-0.39, 0.29) is 11.9 Å². The van der Waals surface area contributed by atoms with E-state index in [1.807, 2.05) is 29.2 Å². The monoisotopic (exact) mass is 461 g/mol. The molecule has 2 unspecified atom stereocenters. The minimum Gasteiger partial charge on any atom is -0.365 e. The highest BCUT2D eigenvalue weighted by Gasteiger charge is 2.43. The molecule has 0 bridgehead atoms. The molecular formula is C26H31N5O3. The standard InChI is InChI=1S/C26H31N5O3/c1-17-15-19-5-3-4-6-22(19)31(17)21-11-13-30(14-12-21)25(34)27-16-18-7-9-20(10-8-18)26(2)23(32)28-24(33)29-26/h3-10,17,21H,11-16H2,1-2H3,(H,27,34)(H2,28,29,32,33). The Bertz CT molecular complexity index is 1110. The van der Waals surface area contributed by atoms with Gasteiger partial charge in [-0.1, -0.05) is 42.5 Å². The van der Waals surface area contributed by atoms with E-state index in [1.165, 1.54) is 11.3 Å². The van der Waals surface area contributed by atoms with Crippen LogP contribution >= 0.6 is 0 Å². The van der Waals surface area contributed by atoms with Gasteiger partial charge >= 0.3 is 12.1 Å². The number of likely N-dealkylation sites (tertiary alicyclic amines) is 1. The molecule has 2 saturated heterocycles. The molecule has 5 rings (SSSR count). The fourth-order valence-electron chi connectivity index (χ4n) is 5.48. The number of urea groups is 2. The highest BCUT2D eigenvalue weighted by molar-refractivity contribution is 6.07. The topological polar surface area (TPSA) is 93.8 Å². The zero-order valence-electron chi connectivity index (χ0n) is 19.6. The number of anilines is 1. The lowest BCUT2D eigenvalue weighted by Gasteiger charge is -2.40.